The van der Waals surface area contributed by atoms with Crippen molar-refractivity contribution in [3.8, 4) is 0 Å². The Hall–Kier alpha value is -2.28. The Morgan fingerprint density at radius 1 is 1.33 bits per heavy atom. The van der Waals surface area contributed by atoms with Gasteiger partial charge in [0, 0.05) is 12.1 Å². The van der Waals surface area contributed by atoms with Crippen molar-refractivity contribution in [3.05, 3.63) is 23.2 Å². The lowest BCUT2D eigenvalue weighted by atomic mass is 10.2. The summed E-state index contributed by atoms with van der Waals surface area (Å²) in [5, 5.41) is 5.74. The summed E-state index contributed by atoms with van der Waals surface area (Å²) in [5.74, 6) is -0.0273. The van der Waals surface area contributed by atoms with Gasteiger partial charge in [0.15, 0.2) is 0 Å². The number of carbonyl (C=O) groups is 2. The van der Waals surface area contributed by atoms with Crippen molar-refractivity contribution in [2.45, 2.75) is 39.3 Å². The van der Waals surface area contributed by atoms with E-state index in [0.29, 0.717) is 16.5 Å². The minimum Gasteiger partial charge on any atom is -0.444 e. The van der Waals surface area contributed by atoms with Gasteiger partial charge in [-0.2, -0.15) is 0 Å². The Balaban J connectivity index is 2.06. The van der Waals surface area contributed by atoms with Crippen molar-refractivity contribution in [1.82, 2.24) is 14.9 Å². The summed E-state index contributed by atoms with van der Waals surface area (Å²) in [6, 6.07) is 4.52. The predicted octanol–water partition coefficient (Wildman–Crippen LogP) is 3.08. The number of fused-ring (bicyclic) bond motifs is 1. The van der Waals surface area contributed by atoms with E-state index in [1.165, 1.54) is 0 Å². The maximum atomic E-state index is 12.2. The van der Waals surface area contributed by atoms with Crippen LogP contribution in [0.2, 0.25) is 5.02 Å². The van der Waals surface area contributed by atoms with Gasteiger partial charge in [-0.05, 0) is 45.9 Å². The topological polar surface area (TPSA) is 85.2 Å². The van der Waals surface area contributed by atoms with E-state index >= 15 is 0 Å². The number of nitrogens with one attached hydrogen (secondary N) is 2. The standard InChI is InChI=1S/C16H21ClN4O3/c1-9(18-15(23)24-16(2,3)4)13(22)20-14-19-11-8-10(17)6-7-12(11)21(14)5/h6-9H,1-5H3,(H,18,23)(H,19,20,22)/t9-/m1/s1. The van der Waals surface area contributed by atoms with Crippen LogP contribution < -0.4 is 10.6 Å². The summed E-state index contributed by atoms with van der Waals surface area (Å²) >= 11 is 5.95. The first-order valence-corrected chi connectivity index (χ1v) is 7.87. The molecule has 2 amide bonds. The quantitative estimate of drug-likeness (QED) is 0.888. The second-order valence-electron chi connectivity index (χ2n) is 6.48. The summed E-state index contributed by atoms with van der Waals surface area (Å²) in [4.78, 5) is 28.3. The highest BCUT2D eigenvalue weighted by atomic mass is 35.5. The molecule has 0 saturated heterocycles. The van der Waals surface area contributed by atoms with Gasteiger partial charge < -0.3 is 14.6 Å². The minimum atomic E-state index is -0.775. The number of anilines is 1. The molecule has 1 aromatic heterocycles. The molecular formula is C16H21ClN4O3. The molecule has 2 rings (SSSR count). The van der Waals surface area contributed by atoms with Crippen molar-refractivity contribution < 1.29 is 14.3 Å². The van der Waals surface area contributed by atoms with Gasteiger partial charge in [-0.1, -0.05) is 11.6 Å². The van der Waals surface area contributed by atoms with Crippen LogP contribution in [0.1, 0.15) is 27.7 Å². The number of carbonyl (C=O) groups excluding carboxylic acids is 2. The maximum absolute atomic E-state index is 12.2. The number of ether oxygens (including phenoxy) is 1. The first-order chi connectivity index (χ1) is 11.1. The van der Waals surface area contributed by atoms with Crippen LogP contribution in [0.3, 0.4) is 0 Å². The molecule has 0 fully saturated rings. The van der Waals surface area contributed by atoms with E-state index in [1.807, 2.05) is 6.07 Å². The van der Waals surface area contributed by atoms with E-state index in [1.54, 1.807) is 51.4 Å². The third kappa shape index (κ3) is 4.38. The number of rotatable bonds is 3. The zero-order valence-corrected chi connectivity index (χ0v) is 15.1. The number of imidazole rings is 1. The number of halogens is 1. The lowest BCUT2D eigenvalue weighted by Crippen LogP contribution is -2.44. The summed E-state index contributed by atoms with van der Waals surface area (Å²) < 4.78 is 6.87. The third-order valence-corrected chi connectivity index (χ3v) is 3.44. The summed E-state index contributed by atoms with van der Waals surface area (Å²) in [5.41, 5.74) is 0.882. The number of alkyl carbamates (subject to hydrolysis) is 1. The van der Waals surface area contributed by atoms with Crippen molar-refractivity contribution in [2.24, 2.45) is 7.05 Å². The van der Waals surface area contributed by atoms with Crippen LogP contribution in [0.5, 0.6) is 0 Å². The van der Waals surface area contributed by atoms with Gasteiger partial charge in [-0.25, -0.2) is 9.78 Å². The van der Waals surface area contributed by atoms with Gasteiger partial charge in [-0.15, -0.1) is 0 Å². The number of amides is 2. The fourth-order valence-electron chi connectivity index (χ4n) is 2.05. The van der Waals surface area contributed by atoms with Gasteiger partial charge in [0.1, 0.15) is 11.6 Å². The maximum Gasteiger partial charge on any atom is 0.408 e. The smallest absolute Gasteiger partial charge is 0.408 e. The Bertz CT molecular complexity index is 779. The van der Waals surface area contributed by atoms with Crippen molar-refractivity contribution in [1.29, 1.82) is 0 Å². The molecule has 24 heavy (non-hydrogen) atoms. The third-order valence-electron chi connectivity index (χ3n) is 3.20. The summed E-state index contributed by atoms with van der Waals surface area (Å²) in [6.07, 6.45) is -0.651. The molecule has 8 heteroatoms. The Morgan fingerprint density at radius 2 is 2.00 bits per heavy atom. The Labute approximate surface area is 145 Å². The molecular weight excluding hydrogens is 332 g/mol. The molecule has 0 unspecified atom stereocenters. The molecule has 0 spiro atoms. The first kappa shape index (κ1) is 18.1. The van der Waals surface area contributed by atoms with Gasteiger partial charge >= 0.3 is 6.09 Å². The lowest BCUT2D eigenvalue weighted by Gasteiger charge is -2.21. The largest absolute Gasteiger partial charge is 0.444 e. The van der Waals surface area contributed by atoms with Gasteiger partial charge in [0.05, 0.1) is 11.0 Å². The van der Waals surface area contributed by atoms with E-state index in [9.17, 15) is 9.59 Å². The average Bonchev–Trinajstić information content (AvgIpc) is 2.72. The van der Waals surface area contributed by atoms with Gasteiger partial charge in [0.2, 0.25) is 11.9 Å². The van der Waals surface area contributed by atoms with Crippen LogP contribution in [0.15, 0.2) is 18.2 Å². The molecule has 1 atom stereocenters. The number of nitrogens with zero attached hydrogens (tertiary/aromatic N) is 2. The van der Waals surface area contributed by atoms with E-state index in [-0.39, 0.29) is 0 Å². The molecule has 130 valence electrons. The molecule has 0 saturated carbocycles. The lowest BCUT2D eigenvalue weighted by molar-refractivity contribution is -0.117. The molecule has 0 aliphatic rings. The second kappa shape index (κ2) is 6.68. The van der Waals surface area contributed by atoms with Crippen LogP contribution in [0.4, 0.5) is 10.7 Å². The molecule has 2 N–H and O–H groups in total. The highest BCUT2D eigenvalue weighted by Gasteiger charge is 2.22. The molecule has 1 heterocycles. The van der Waals surface area contributed by atoms with E-state index < -0.39 is 23.6 Å². The summed E-state index contributed by atoms with van der Waals surface area (Å²) in [7, 11) is 1.78. The number of benzene rings is 1. The normalized spacial score (nSPS) is 12.8. The van der Waals surface area contributed by atoms with E-state index in [4.69, 9.17) is 16.3 Å². The first-order valence-electron chi connectivity index (χ1n) is 7.49. The van der Waals surface area contributed by atoms with Crippen molar-refractivity contribution in [3.63, 3.8) is 0 Å². The number of aryl methyl sites for hydroxylation is 1. The number of hydrogen-bond donors (Lipinski definition) is 2. The second-order valence-corrected chi connectivity index (χ2v) is 6.92. The fraction of sp³-hybridized carbons (Fsp3) is 0.438. The zero-order valence-electron chi connectivity index (χ0n) is 14.3. The van der Waals surface area contributed by atoms with Crippen LogP contribution in [-0.4, -0.2) is 33.2 Å². The molecule has 0 aliphatic carbocycles. The minimum absolute atomic E-state index is 0.370. The molecule has 7 nitrogen and oxygen atoms in total. The van der Waals surface area contributed by atoms with Crippen molar-refractivity contribution in [2.75, 3.05) is 5.32 Å². The fourth-order valence-corrected chi connectivity index (χ4v) is 2.22. The molecule has 0 bridgehead atoms. The Kier molecular flexibility index (Phi) is 5.03. The monoisotopic (exact) mass is 352 g/mol. The Morgan fingerprint density at radius 3 is 2.62 bits per heavy atom. The summed E-state index contributed by atoms with van der Waals surface area (Å²) in [6.45, 7) is 6.82. The molecule has 1 aromatic carbocycles. The highest BCUT2D eigenvalue weighted by Crippen LogP contribution is 2.21. The van der Waals surface area contributed by atoms with Crippen LogP contribution in [0.25, 0.3) is 11.0 Å². The van der Waals surface area contributed by atoms with Gasteiger partial charge in [0.25, 0.3) is 0 Å². The molecule has 0 aliphatic heterocycles. The van der Waals surface area contributed by atoms with Gasteiger partial charge in [-0.3, -0.25) is 10.1 Å². The zero-order chi connectivity index (χ0) is 18.1. The number of hydrogen-bond acceptors (Lipinski definition) is 4. The number of aromatic nitrogens is 2. The van der Waals surface area contributed by atoms with E-state index in [0.717, 1.165) is 5.52 Å². The molecule has 2 aromatic rings. The van der Waals surface area contributed by atoms with E-state index in [2.05, 4.69) is 15.6 Å². The SMILES string of the molecule is C[C@@H](NC(=O)OC(C)(C)C)C(=O)Nc1nc2cc(Cl)ccc2n1C. The average molecular weight is 353 g/mol. The predicted molar refractivity (Wildman–Crippen MR) is 93.2 cm³/mol. The van der Waals surface area contributed by atoms with Crippen LogP contribution >= 0.6 is 11.6 Å². The van der Waals surface area contributed by atoms with Crippen LogP contribution in [-0.2, 0) is 16.6 Å². The van der Waals surface area contributed by atoms with Crippen LogP contribution in [0, 0.1) is 0 Å². The molecule has 0 radical (unpaired) electrons. The van der Waals surface area contributed by atoms with Crippen molar-refractivity contribution >= 4 is 40.6 Å². The highest BCUT2D eigenvalue weighted by molar-refractivity contribution is 6.31.